The van der Waals surface area contributed by atoms with E-state index < -0.39 is 0 Å². The first-order valence-electron chi connectivity index (χ1n) is 7.24. The van der Waals surface area contributed by atoms with Crippen LogP contribution in [0.2, 0.25) is 5.02 Å². The van der Waals surface area contributed by atoms with Crippen LogP contribution in [0, 0.1) is 0 Å². The van der Waals surface area contributed by atoms with Crippen molar-refractivity contribution < 1.29 is 14.9 Å². The third-order valence-corrected chi connectivity index (χ3v) is 4.10. The van der Waals surface area contributed by atoms with Crippen molar-refractivity contribution in [3.05, 3.63) is 47.0 Å². The molecule has 5 heteroatoms. The van der Waals surface area contributed by atoms with Crippen LogP contribution < -0.4 is 0 Å². The highest BCUT2D eigenvalue weighted by molar-refractivity contribution is 6.30. The average molecular weight is 320 g/mol. The Morgan fingerprint density at radius 1 is 1.00 bits per heavy atom. The van der Waals surface area contributed by atoms with Crippen molar-refractivity contribution >= 4 is 11.6 Å². The summed E-state index contributed by atoms with van der Waals surface area (Å²) in [5.41, 5.74) is 2.13. The van der Waals surface area contributed by atoms with Gasteiger partial charge in [0.25, 0.3) is 0 Å². The van der Waals surface area contributed by atoms with Crippen LogP contribution >= 0.6 is 11.6 Å². The number of hydrogen-bond acceptors (Lipinski definition) is 4. The van der Waals surface area contributed by atoms with Crippen LogP contribution in [0.1, 0.15) is 5.56 Å². The normalized spacial score (nSPS) is 15.9. The van der Waals surface area contributed by atoms with Crippen LogP contribution in [0.4, 0.5) is 0 Å². The first-order valence-corrected chi connectivity index (χ1v) is 7.62. The van der Waals surface area contributed by atoms with Crippen LogP contribution in [-0.4, -0.2) is 41.4 Å². The average Bonchev–Trinajstić information content (AvgIpc) is 2.53. The summed E-state index contributed by atoms with van der Waals surface area (Å²) >= 11 is 5.88. The predicted octanol–water partition coefficient (Wildman–Crippen LogP) is 3.25. The molecule has 0 aromatic heterocycles. The minimum Gasteiger partial charge on any atom is -0.508 e. The first-order chi connectivity index (χ1) is 10.6. The van der Waals surface area contributed by atoms with E-state index in [1.165, 1.54) is 0 Å². The minimum absolute atomic E-state index is 0.156. The molecular weight excluding hydrogens is 302 g/mol. The number of aromatic hydroxyl groups is 2. The summed E-state index contributed by atoms with van der Waals surface area (Å²) < 4.78 is 5.31. The van der Waals surface area contributed by atoms with Crippen LogP contribution in [0.25, 0.3) is 11.1 Å². The minimum atomic E-state index is 0.156. The van der Waals surface area contributed by atoms with Crippen LogP contribution in [0.5, 0.6) is 11.5 Å². The van der Waals surface area contributed by atoms with Crippen molar-refractivity contribution in [1.82, 2.24) is 4.90 Å². The Morgan fingerprint density at radius 2 is 1.68 bits per heavy atom. The lowest BCUT2D eigenvalue weighted by atomic mass is 10.0. The zero-order chi connectivity index (χ0) is 15.5. The van der Waals surface area contributed by atoms with Crippen LogP contribution in [0.15, 0.2) is 36.4 Å². The smallest absolute Gasteiger partial charge is 0.123 e. The third kappa shape index (κ3) is 3.35. The molecule has 116 valence electrons. The molecule has 3 rings (SSSR count). The monoisotopic (exact) mass is 319 g/mol. The van der Waals surface area contributed by atoms with E-state index in [2.05, 4.69) is 4.90 Å². The van der Waals surface area contributed by atoms with Gasteiger partial charge in [-0.2, -0.15) is 0 Å². The molecule has 2 N–H and O–H groups in total. The molecule has 2 aromatic rings. The van der Waals surface area contributed by atoms with Gasteiger partial charge in [0, 0.05) is 35.8 Å². The van der Waals surface area contributed by atoms with Crippen molar-refractivity contribution in [2.24, 2.45) is 0 Å². The second-order valence-electron chi connectivity index (χ2n) is 5.39. The lowest BCUT2D eigenvalue weighted by Crippen LogP contribution is -2.35. The van der Waals surface area contributed by atoms with Gasteiger partial charge in [-0.05, 0) is 29.8 Å². The van der Waals surface area contributed by atoms with Crippen molar-refractivity contribution in [1.29, 1.82) is 0 Å². The van der Waals surface area contributed by atoms with E-state index in [4.69, 9.17) is 16.3 Å². The molecule has 0 unspecified atom stereocenters. The van der Waals surface area contributed by atoms with Gasteiger partial charge in [-0.3, -0.25) is 4.90 Å². The molecule has 0 aliphatic carbocycles. The summed E-state index contributed by atoms with van der Waals surface area (Å²) in [5, 5.41) is 21.2. The van der Waals surface area contributed by atoms with Gasteiger partial charge in [0.1, 0.15) is 11.5 Å². The molecule has 4 nitrogen and oxygen atoms in total. The molecule has 0 amide bonds. The molecule has 0 atom stereocenters. The van der Waals surface area contributed by atoms with Gasteiger partial charge in [0.15, 0.2) is 0 Å². The number of benzene rings is 2. The number of phenolic OH excluding ortho intramolecular Hbond substituents is 2. The van der Waals surface area contributed by atoms with E-state index in [1.807, 2.05) is 12.1 Å². The quantitative estimate of drug-likeness (QED) is 0.853. The fourth-order valence-corrected chi connectivity index (χ4v) is 2.73. The van der Waals surface area contributed by atoms with Gasteiger partial charge in [-0.25, -0.2) is 0 Å². The lowest BCUT2D eigenvalue weighted by molar-refractivity contribution is 0.0338. The molecular formula is C17H18ClNO3. The fourth-order valence-electron chi connectivity index (χ4n) is 2.61. The van der Waals surface area contributed by atoms with E-state index in [9.17, 15) is 10.2 Å². The number of hydrogen-bond donors (Lipinski definition) is 2. The van der Waals surface area contributed by atoms with E-state index in [0.29, 0.717) is 30.3 Å². The highest BCUT2D eigenvalue weighted by Crippen LogP contribution is 2.36. The van der Waals surface area contributed by atoms with E-state index in [0.717, 1.165) is 24.2 Å². The lowest BCUT2D eigenvalue weighted by Gasteiger charge is -2.27. The number of halogens is 1. The Labute approximate surface area is 134 Å². The molecule has 1 aliphatic rings. The predicted molar refractivity (Wildman–Crippen MR) is 86.3 cm³/mol. The van der Waals surface area contributed by atoms with Gasteiger partial charge in [0.2, 0.25) is 0 Å². The summed E-state index contributed by atoms with van der Waals surface area (Å²) in [6.07, 6.45) is 0. The van der Waals surface area contributed by atoms with Gasteiger partial charge in [-0.15, -0.1) is 0 Å². The molecule has 0 spiro atoms. The Morgan fingerprint density at radius 3 is 2.36 bits per heavy atom. The number of rotatable bonds is 3. The van der Waals surface area contributed by atoms with E-state index in [1.54, 1.807) is 24.3 Å². The SMILES string of the molecule is Oc1cc(-c2ccc(Cl)cc2)c(O)cc1CN1CCOCC1. The first kappa shape index (κ1) is 15.2. The summed E-state index contributed by atoms with van der Waals surface area (Å²) in [6, 6.07) is 10.4. The summed E-state index contributed by atoms with van der Waals surface area (Å²) in [5.74, 6) is 0.345. The molecule has 1 heterocycles. The molecule has 22 heavy (non-hydrogen) atoms. The fraction of sp³-hybridized carbons (Fsp3) is 0.294. The zero-order valence-electron chi connectivity index (χ0n) is 12.1. The number of phenols is 2. The third-order valence-electron chi connectivity index (χ3n) is 3.85. The molecule has 1 saturated heterocycles. The van der Waals surface area contributed by atoms with Gasteiger partial charge < -0.3 is 14.9 Å². The van der Waals surface area contributed by atoms with Crippen molar-refractivity contribution in [3.63, 3.8) is 0 Å². The number of ether oxygens (including phenoxy) is 1. The van der Waals surface area contributed by atoms with Crippen LogP contribution in [0.3, 0.4) is 0 Å². The number of morpholine rings is 1. The Bertz CT molecular complexity index is 652. The van der Waals surface area contributed by atoms with E-state index in [-0.39, 0.29) is 11.5 Å². The second-order valence-corrected chi connectivity index (χ2v) is 5.83. The standard InChI is InChI=1S/C17H18ClNO3/c18-14-3-1-12(2-4-14)15-10-16(20)13(9-17(15)21)11-19-5-7-22-8-6-19/h1-4,9-10,20-21H,5-8,11H2. The highest BCUT2D eigenvalue weighted by atomic mass is 35.5. The maximum absolute atomic E-state index is 10.3. The van der Waals surface area contributed by atoms with Crippen molar-refractivity contribution in [2.75, 3.05) is 26.3 Å². The maximum atomic E-state index is 10.3. The maximum Gasteiger partial charge on any atom is 0.123 e. The summed E-state index contributed by atoms with van der Waals surface area (Å²) in [4.78, 5) is 2.19. The Balaban J connectivity index is 1.85. The Hall–Kier alpha value is -1.75. The van der Waals surface area contributed by atoms with Gasteiger partial charge in [-0.1, -0.05) is 23.7 Å². The van der Waals surface area contributed by atoms with Gasteiger partial charge >= 0.3 is 0 Å². The highest BCUT2D eigenvalue weighted by Gasteiger charge is 2.15. The zero-order valence-corrected chi connectivity index (χ0v) is 12.9. The number of nitrogens with zero attached hydrogens (tertiary/aromatic N) is 1. The van der Waals surface area contributed by atoms with Crippen LogP contribution in [-0.2, 0) is 11.3 Å². The largest absolute Gasteiger partial charge is 0.508 e. The molecule has 0 radical (unpaired) electrons. The Kier molecular flexibility index (Phi) is 4.52. The molecule has 0 bridgehead atoms. The summed E-state index contributed by atoms with van der Waals surface area (Å²) in [6.45, 7) is 3.67. The van der Waals surface area contributed by atoms with Gasteiger partial charge in [0.05, 0.1) is 13.2 Å². The molecule has 1 aliphatic heterocycles. The van der Waals surface area contributed by atoms with Crippen molar-refractivity contribution in [3.8, 4) is 22.6 Å². The topological polar surface area (TPSA) is 52.9 Å². The second kappa shape index (κ2) is 6.57. The molecule has 1 fully saturated rings. The molecule has 2 aromatic carbocycles. The summed E-state index contributed by atoms with van der Waals surface area (Å²) in [7, 11) is 0. The van der Waals surface area contributed by atoms with Crippen molar-refractivity contribution in [2.45, 2.75) is 6.54 Å². The molecule has 0 saturated carbocycles. The van der Waals surface area contributed by atoms with E-state index >= 15 is 0 Å².